The van der Waals surface area contributed by atoms with Gasteiger partial charge in [0.05, 0.1) is 19.2 Å². The lowest BCUT2D eigenvalue weighted by Crippen LogP contribution is -2.34. The summed E-state index contributed by atoms with van der Waals surface area (Å²) in [6.07, 6.45) is 0. The number of nitrogens with zero attached hydrogens (tertiary/aromatic N) is 2. The van der Waals surface area contributed by atoms with E-state index in [1.54, 1.807) is 25.3 Å². The van der Waals surface area contributed by atoms with E-state index in [9.17, 15) is 9.59 Å². The van der Waals surface area contributed by atoms with E-state index in [-0.39, 0.29) is 18.4 Å². The number of rotatable bonds is 7. The lowest BCUT2D eigenvalue weighted by atomic mass is 10.0. The predicted molar refractivity (Wildman–Crippen MR) is 126 cm³/mol. The zero-order chi connectivity index (χ0) is 22.7. The van der Waals surface area contributed by atoms with E-state index in [4.69, 9.17) is 16.3 Å². The van der Waals surface area contributed by atoms with Gasteiger partial charge in [0.2, 0.25) is 0 Å². The third-order valence-corrected chi connectivity index (χ3v) is 5.68. The summed E-state index contributed by atoms with van der Waals surface area (Å²) < 4.78 is 5.53. The molecular weight excluding hydrogens is 424 g/mol. The van der Waals surface area contributed by atoms with Gasteiger partial charge in [-0.1, -0.05) is 60.1 Å². The highest BCUT2D eigenvalue weighted by molar-refractivity contribution is 6.37. The van der Waals surface area contributed by atoms with Crippen molar-refractivity contribution >= 4 is 34.7 Å². The molecule has 0 fully saturated rings. The van der Waals surface area contributed by atoms with Crippen molar-refractivity contribution in [1.29, 1.82) is 0 Å². The van der Waals surface area contributed by atoms with Gasteiger partial charge in [0.1, 0.15) is 11.4 Å². The SMILES string of the molecule is CCN(C1=C(c2ccccc2OC)C(=O)N(Cc2ccc(Cl)cc2)C1=O)c1ccccc1. The second-order valence-electron chi connectivity index (χ2n) is 7.33. The van der Waals surface area contributed by atoms with Crippen molar-refractivity contribution in [3.8, 4) is 5.75 Å². The van der Waals surface area contributed by atoms with Gasteiger partial charge in [0.25, 0.3) is 11.8 Å². The molecule has 1 heterocycles. The summed E-state index contributed by atoms with van der Waals surface area (Å²) in [5.41, 5.74) is 2.94. The van der Waals surface area contributed by atoms with Crippen LogP contribution in [0.3, 0.4) is 0 Å². The Labute approximate surface area is 192 Å². The Bertz CT molecular complexity index is 1170. The minimum Gasteiger partial charge on any atom is -0.496 e. The maximum absolute atomic E-state index is 13.7. The van der Waals surface area contributed by atoms with Gasteiger partial charge in [0, 0.05) is 22.8 Å². The fourth-order valence-electron chi connectivity index (χ4n) is 3.90. The molecule has 0 aliphatic carbocycles. The van der Waals surface area contributed by atoms with Gasteiger partial charge in [-0.3, -0.25) is 14.5 Å². The first kappa shape index (κ1) is 21.7. The second-order valence-corrected chi connectivity index (χ2v) is 7.76. The third kappa shape index (κ3) is 3.99. The Hall–Kier alpha value is -3.57. The average Bonchev–Trinajstić information content (AvgIpc) is 3.06. The minimum atomic E-state index is -0.348. The van der Waals surface area contributed by atoms with Crippen LogP contribution in [0.5, 0.6) is 5.75 Å². The fourth-order valence-corrected chi connectivity index (χ4v) is 4.03. The highest BCUT2D eigenvalue weighted by Crippen LogP contribution is 2.38. The van der Waals surface area contributed by atoms with Gasteiger partial charge in [-0.15, -0.1) is 0 Å². The number of carbonyl (C=O) groups is 2. The summed E-state index contributed by atoms with van der Waals surface area (Å²) in [6.45, 7) is 2.63. The molecule has 162 valence electrons. The number of imide groups is 1. The first-order chi connectivity index (χ1) is 15.5. The van der Waals surface area contributed by atoms with Crippen LogP contribution in [0.4, 0.5) is 5.69 Å². The molecule has 4 rings (SSSR count). The summed E-state index contributed by atoms with van der Waals surface area (Å²) in [7, 11) is 1.56. The van der Waals surface area contributed by atoms with E-state index in [1.807, 2.05) is 72.5 Å². The molecule has 0 saturated heterocycles. The predicted octanol–water partition coefficient (Wildman–Crippen LogP) is 5.16. The van der Waals surface area contributed by atoms with Gasteiger partial charge in [-0.2, -0.15) is 0 Å². The number of benzene rings is 3. The molecule has 3 aromatic carbocycles. The highest BCUT2D eigenvalue weighted by Gasteiger charge is 2.42. The van der Waals surface area contributed by atoms with Crippen molar-refractivity contribution in [1.82, 2.24) is 4.90 Å². The molecule has 3 aromatic rings. The quantitative estimate of drug-likeness (QED) is 0.471. The lowest BCUT2D eigenvalue weighted by molar-refractivity contribution is -0.137. The van der Waals surface area contributed by atoms with E-state index in [0.717, 1.165) is 11.3 Å². The van der Waals surface area contributed by atoms with Crippen LogP contribution < -0.4 is 9.64 Å². The Morgan fingerprint density at radius 2 is 1.53 bits per heavy atom. The smallest absolute Gasteiger partial charge is 0.278 e. The van der Waals surface area contributed by atoms with Gasteiger partial charge in [-0.25, -0.2) is 0 Å². The molecule has 0 spiro atoms. The van der Waals surface area contributed by atoms with Gasteiger partial charge in [-0.05, 0) is 42.8 Å². The molecule has 0 atom stereocenters. The maximum Gasteiger partial charge on any atom is 0.278 e. The van der Waals surface area contributed by atoms with Crippen molar-refractivity contribution in [3.05, 3.63) is 101 Å². The minimum absolute atomic E-state index is 0.156. The maximum atomic E-state index is 13.7. The van der Waals surface area contributed by atoms with Crippen molar-refractivity contribution in [3.63, 3.8) is 0 Å². The molecule has 2 amide bonds. The number of hydrogen-bond acceptors (Lipinski definition) is 4. The standard InChI is InChI=1S/C26H23ClN2O3/c1-3-28(20-9-5-4-6-10-20)24-23(21-11-7-8-12-22(21)32-2)25(30)29(26(24)31)17-18-13-15-19(27)16-14-18/h4-16H,3,17H2,1-2H3. The van der Waals surface area contributed by atoms with Crippen molar-refractivity contribution < 1.29 is 14.3 Å². The largest absolute Gasteiger partial charge is 0.496 e. The number of likely N-dealkylation sites (N-methyl/N-ethyl adjacent to an activating group) is 1. The van der Waals surface area contributed by atoms with Crippen molar-refractivity contribution in [2.75, 3.05) is 18.6 Å². The second kappa shape index (κ2) is 9.28. The van der Waals surface area contributed by atoms with Crippen LogP contribution in [-0.2, 0) is 16.1 Å². The first-order valence-electron chi connectivity index (χ1n) is 10.4. The highest BCUT2D eigenvalue weighted by atomic mass is 35.5. The summed E-state index contributed by atoms with van der Waals surface area (Å²) in [5.74, 6) is -0.144. The van der Waals surface area contributed by atoms with Crippen LogP contribution in [0.25, 0.3) is 5.57 Å². The number of anilines is 1. The summed E-state index contributed by atoms with van der Waals surface area (Å²) in [5, 5.41) is 0.600. The van der Waals surface area contributed by atoms with Gasteiger partial charge >= 0.3 is 0 Å². The van der Waals surface area contributed by atoms with Crippen molar-refractivity contribution in [2.45, 2.75) is 13.5 Å². The third-order valence-electron chi connectivity index (χ3n) is 5.43. The molecule has 0 saturated carbocycles. The lowest BCUT2D eigenvalue weighted by Gasteiger charge is -2.25. The summed E-state index contributed by atoms with van der Waals surface area (Å²) >= 11 is 6.00. The molecule has 32 heavy (non-hydrogen) atoms. The Kier molecular flexibility index (Phi) is 6.28. The van der Waals surface area contributed by atoms with E-state index >= 15 is 0 Å². The van der Waals surface area contributed by atoms with Gasteiger partial charge in [0.15, 0.2) is 0 Å². The topological polar surface area (TPSA) is 49.9 Å². The number of methoxy groups -OCH3 is 1. The number of carbonyl (C=O) groups excluding carboxylic acids is 2. The number of para-hydroxylation sites is 2. The van der Waals surface area contributed by atoms with Crippen LogP contribution >= 0.6 is 11.6 Å². The van der Waals surface area contributed by atoms with E-state index in [2.05, 4.69) is 0 Å². The zero-order valence-corrected chi connectivity index (χ0v) is 18.7. The number of hydrogen-bond donors (Lipinski definition) is 0. The normalized spacial score (nSPS) is 13.7. The molecule has 5 nitrogen and oxygen atoms in total. The number of ether oxygens (including phenoxy) is 1. The molecule has 1 aliphatic heterocycles. The summed E-state index contributed by atoms with van der Waals surface area (Å²) in [4.78, 5) is 30.5. The van der Waals surface area contributed by atoms with Crippen molar-refractivity contribution in [2.24, 2.45) is 0 Å². The van der Waals surface area contributed by atoms with Crippen LogP contribution in [0, 0.1) is 0 Å². The molecule has 0 bridgehead atoms. The van der Waals surface area contributed by atoms with Crippen LogP contribution in [0.15, 0.2) is 84.6 Å². The van der Waals surface area contributed by atoms with Gasteiger partial charge < -0.3 is 9.64 Å². The van der Waals surface area contributed by atoms with Crippen LogP contribution in [0.2, 0.25) is 5.02 Å². The Balaban J connectivity index is 1.85. The molecule has 0 radical (unpaired) electrons. The van der Waals surface area contributed by atoms with E-state index in [1.165, 1.54) is 4.90 Å². The monoisotopic (exact) mass is 446 g/mol. The number of halogens is 1. The molecule has 0 N–H and O–H groups in total. The summed E-state index contributed by atoms with van der Waals surface area (Å²) in [6, 6.07) is 24.0. The average molecular weight is 447 g/mol. The van der Waals surface area contributed by atoms with Crippen LogP contribution in [-0.4, -0.2) is 30.4 Å². The zero-order valence-electron chi connectivity index (χ0n) is 17.9. The molecule has 1 aliphatic rings. The van der Waals surface area contributed by atoms with E-state index < -0.39 is 0 Å². The number of amides is 2. The Morgan fingerprint density at radius 3 is 2.19 bits per heavy atom. The van der Waals surface area contributed by atoms with Crippen LogP contribution in [0.1, 0.15) is 18.1 Å². The Morgan fingerprint density at radius 1 is 0.875 bits per heavy atom. The molecule has 0 unspecified atom stereocenters. The molecule has 0 aromatic heterocycles. The fraction of sp³-hybridized carbons (Fsp3) is 0.154. The molecular formula is C26H23ClN2O3. The molecule has 6 heteroatoms. The first-order valence-corrected chi connectivity index (χ1v) is 10.7. The van der Waals surface area contributed by atoms with E-state index in [0.29, 0.717) is 34.2 Å².